The molecule has 0 aromatic rings. The maximum absolute atomic E-state index is 11.7. The first kappa shape index (κ1) is 14.8. The Labute approximate surface area is 108 Å². The minimum atomic E-state index is -0.982. The molecule has 1 unspecified atom stereocenters. The lowest BCUT2D eigenvalue weighted by atomic mass is 10.0. The van der Waals surface area contributed by atoms with E-state index in [1.807, 2.05) is 13.8 Å². The summed E-state index contributed by atoms with van der Waals surface area (Å²) < 4.78 is 0. The highest BCUT2D eigenvalue weighted by molar-refractivity contribution is 5.82. The number of nitrogens with one attached hydrogen (secondary N) is 3. The van der Waals surface area contributed by atoms with Crippen LogP contribution in [-0.4, -0.2) is 42.3 Å². The second-order valence-corrected chi connectivity index (χ2v) is 5.16. The number of aliphatic carboxylic acids is 1. The van der Waals surface area contributed by atoms with Gasteiger partial charge in [0.25, 0.3) is 0 Å². The van der Waals surface area contributed by atoms with Crippen LogP contribution < -0.4 is 16.0 Å². The molecule has 0 saturated carbocycles. The summed E-state index contributed by atoms with van der Waals surface area (Å²) in [6.07, 6.45) is 2.21. The molecule has 0 bridgehead atoms. The highest BCUT2D eigenvalue weighted by atomic mass is 16.4. The molecule has 0 aromatic heterocycles. The second-order valence-electron chi connectivity index (χ2n) is 5.16. The first-order valence-corrected chi connectivity index (χ1v) is 6.49. The third kappa shape index (κ3) is 5.35. The first-order valence-electron chi connectivity index (χ1n) is 6.49. The highest BCUT2D eigenvalue weighted by Gasteiger charge is 2.22. The summed E-state index contributed by atoms with van der Waals surface area (Å²) in [5, 5.41) is 17.6. The van der Waals surface area contributed by atoms with Crippen LogP contribution in [0.15, 0.2) is 0 Å². The predicted octanol–water partition coefficient (Wildman–Crippen LogP) is 0.537. The van der Waals surface area contributed by atoms with Crippen LogP contribution >= 0.6 is 0 Å². The lowest BCUT2D eigenvalue weighted by Crippen LogP contribution is -2.51. The van der Waals surface area contributed by atoms with Crippen molar-refractivity contribution in [2.75, 3.05) is 13.1 Å². The Morgan fingerprint density at radius 1 is 1.33 bits per heavy atom. The lowest BCUT2D eigenvalue weighted by molar-refractivity contribution is -0.139. The monoisotopic (exact) mass is 257 g/mol. The Kier molecular flexibility index (Phi) is 5.91. The van der Waals surface area contributed by atoms with Gasteiger partial charge in [-0.1, -0.05) is 13.8 Å². The number of hydrogen-bond donors (Lipinski definition) is 4. The molecule has 104 valence electrons. The molecule has 1 aliphatic heterocycles. The quantitative estimate of drug-likeness (QED) is 0.578. The van der Waals surface area contributed by atoms with Gasteiger partial charge in [-0.25, -0.2) is 9.59 Å². The maximum Gasteiger partial charge on any atom is 0.326 e. The van der Waals surface area contributed by atoms with Crippen molar-refractivity contribution >= 4 is 12.0 Å². The van der Waals surface area contributed by atoms with Crippen LogP contribution in [0.4, 0.5) is 4.79 Å². The Balaban J connectivity index is 2.37. The zero-order valence-electron chi connectivity index (χ0n) is 11.0. The van der Waals surface area contributed by atoms with Gasteiger partial charge in [0.2, 0.25) is 0 Å². The van der Waals surface area contributed by atoms with Gasteiger partial charge in [0.15, 0.2) is 0 Å². The smallest absolute Gasteiger partial charge is 0.326 e. The largest absolute Gasteiger partial charge is 0.480 e. The standard InChI is InChI=1S/C12H23N3O3/c1-8(2)7-10(11(16)17)15-12(18)14-9-3-5-13-6-4-9/h8-10,13H,3-7H2,1-2H3,(H,16,17)(H2,14,15,18). The number of hydrogen-bond acceptors (Lipinski definition) is 3. The normalized spacial score (nSPS) is 18.4. The summed E-state index contributed by atoms with van der Waals surface area (Å²) in [5.41, 5.74) is 0. The molecule has 0 spiro atoms. The van der Waals surface area contributed by atoms with E-state index in [1.54, 1.807) is 0 Å². The molecule has 1 aliphatic rings. The molecule has 0 aromatic carbocycles. The number of carboxylic acid groups (broad SMARTS) is 1. The van der Waals surface area contributed by atoms with Crippen LogP contribution in [0.5, 0.6) is 0 Å². The molecule has 1 rings (SSSR count). The minimum absolute atomic E-state index is 0.139. The summed E-state index contributed by atoms with van der Waals surface area (Å²) in [5.74, 6) is -0.755. The SMILES string of the molecule is CC(C)CC(NC(=O)NC1CCNCC1)C(=O)O. The van der Waals surface area contributed by atoms with Gasteiger partial charge < -0.3 is 21.1 Å². The van der Waals surface area contributed by atoms with Crippen molar-refractivity contribution in [1.82, 2.24) is 16.0 Å². The van der Waals surface area contributed by atoms with E-state index in [0.717, 1.165) is 25.9 Å². The average molecular weight is 257 g/mol. The Morgan fingerprint density at radius 2 is 1.94 bits per heavy atom. The van der Waals surface area contributed by atoms with E-state index in [4.69, 9.17) is 5.11 Å². The van der Waals surface area contributed by atoms with E-state index in [9.17, 15) is 9.59 Å². The first-order chi connectivity index (χ1) is 8.49. The molecule has 4 N–H and O–H groups in total. The Bertz CT molecular complexity index is 288. The number of carbonyl (C=O) groups is 2. The molecule has 0 aliphatic carbocycles. The van der Waals surface area contributed by atoms with E-state index >= 15 is 0 Å². The molecule has 0 radical (unpaired) electrons. The van der Waals surface area contributed by atoms with Crippen LogP contribution in [0.25, 0.3) is 0 Å². The maximum atomic E-state index is 11.7. The van der Waals surface area contributed by atoms with Crippen LogP contribution in [0, 0.1) is 5.92 Å². The van der Waals surface area contributed by atoms with Crippen LogP contribution in [0.1, 0.15) is 33.1 Å². The molecule has 6 heteroatoms. The molecule has 6 nitrogen and oxygen atoms in total. The van der Waals surface area contributed by atoms with Gasteiger partial charge in [-0.3, -0.25) is 0 Å². The van der Waals surface area contributed by atoms with Gasteiger partial charge in [-0.2, -0.15) is 0 Å². The van der Waals surface area contributed by atoms with E-state index in [2.05, 4.69) is 16.0 Å². The van der Waals surface area contributed by atoms with Crippen molar-refractivity contribution < 1.29 is 14.7 Å². The van der Waals surface area contributed by atoms with E-state index in [-0.39, 0.29) is 18.0 Å². The van der Waals surface area contributed by atoms with Crippen molar-refractivity contribution in [3.05, 3.63) is 0 Å². The van der Waals surface area contributed by atoms with E-state index in [1.165, 1.54) is 0 Å². The summed E-state index contributed by atoms with van der Waals surface area (Å²) in [7, 11) is 0. The molecule has 1 atom stereocenters. The number of carboxylic acids is 1. The number of carbonyl (C=O) groups excluding carboxylic acids is 1. The van der Waals surface area contributed by atoms with Crippen molar-refractivity contribution in [2.24, 2.45) is 5.92 Å². The van der Waals surface area contributed by atoms with Gasteiger partial charge in [-0.05, 0) is 38.3 Å². The molecular formula is C12H23N3O3. The van der Waals surface area contributed by atoms with Crippen molar-refractivity contribution in [3.8, 4) is 0 Å². The van der Waals surface area contributed by atoms with Gasteiger partial charge in [0, 0.05) is 6.04 Å². The Hall–Kier alpha value is -1.30. The molecule has 1 heterocycles. The number of amides is 2. The fraction of sp³-hybridized carbons (Fsp3) is 0.833. The summed E-state index contributed by atoms with van der Waals surface area (Å²) in [6.45, 7) is 5.64. The van der Waals surface area contributed by atoms with Crippen LogP contribution in [-0.2, 0) is 4.79 Å². The number of piperidine rings is 1. The van der Waals surface area contributed by atoms with Crippen molar-refractivity contribution in [2.45, 2.75) is 45.2 Å². The van der Waals surface area contributed by atoms with E-state index < -0.39 is 12.0 Å². The summed E-state index contributed by atoms with van der Waals surface area (Å²) >= 11 is 0. The highest BCUT2D eigenvalue weighted by Crippen LogP contribution is 2.06. The Morgan fingerprint density at radius 3 is 2.44 bits per heavy atom. The van der Waals surface area contributed by atoms with Crippen molar-refractivity contribution in [1.29, 1.82) is 0 Å². The van der Waals surface area contributed by atoms with Gasteiger partial charge in [0.05, 0.1) is 0 Å². The third-order valence-electron chi connectivity index (χ3n) is 2.98. The van der Waals surface area contributed by atoms with E-state index in [0.29, 0.717) is 6.42 Å². The van der Waals surface area contributed by atoms with Gasteiger partial charge in [0.1, 0.15) is 6.04 Å². The average Bonchev–Trinajstić information content (AvgIpc) is 2.28. The van der Waals surface area contributed by atoms with Gasteiger partial charge in [-0.15, -0.1) is 0 Å². The fourth-order valence-electron chi connectivity index (χ4n) is 2.04. The molecule has 1 fully saturated rings. The zero-order valence-corrected chi connectivity index (χ0v) is 11.0. The lowest BCUT2D eigenvalue weighted by Gasteiger charge is -2.25. The number of urea groups is 1. The molecule has 18 heavy (non-hydrogen) atoms. The zero-order chi connectivity index (χ0) is 13.5. The van der Waals surface area contributed by atoms with Crippen molar-refractivity contribution in [3.63, 3.8) is 0 Å². The summed E-state index contributed by atoms with van der Waals surface area (Å²) in [6, 6.07) is -1.05. The molecule has 2 amide bonds. The van der Waals surface area contributed by atoms with Crippen LogP contribution in [0.2, 0.25) is 0 Å². The summed E-state index contributed by atoms with van der Waals surface area (Å²) in [4.78, 5) is 22.7. The molecule has 1 saturated heterocycles. The number of rotatable bonds is 5. The fourth-order valence-corrected chi connectivity index (χ4v) is 2.04. The van der Waals surface area contributed by atoms with Crippen LogP contribution in [0.3, 0.4) is 0 Å². The predicted molar refractivity (Wildman–Crippen MR) is 68.4 cm³/mol. The third-order valence-corrected chi connectivity index (χ3v) is 2.98. The molecular weight excluding hydrogens is 234 g/mol. The topological polar surface area (TPSA) is 90.5 Å². The second kappa shape index (κ2) is 7.20. The minimum Gasteiger partial charge on any atom is -0.480 e. The van der Waals surface area contributed by atoms with Gasteiger partial charge >= 0.3 is 12.0 Å².